The van der Waals surface area contributed by atoms with Crippen molar-refractivity contribution in [3.8, 4) is 0 Å². The molecule has 1 aromatic rings. The molecule has 1 aromatic heterocycles. The number of rotatable bonds is 3. The van der Waals surface area contributed by atoms with Crippen molar-refractivity contribution in [2.24, 2.45) is 0 Å². The largest absolute Gasteiger partial charge is 0.394 e. The Labute approximate surface area is 118 Å². The van der Waals surface area contributed by atoms with E-state index in [1.807, 2.05) is 19.9 Å². The third kappa shape index (κ3) is 3.26. The van der Waals surface area contributed by atoms with Gasteiger partial charge in [0.05, 0.1) is 18.3 Å². The molecule has 1 aliphatic rings. The van der Waals surface area contributed by atoms with E-state index < -0.39 is 0 Å². The summed E-state index contributed by atoms with van der Waals surface area (Å²) in [5, 5.41) is 11.9. The lowest BCUT2D eigenvalue weighted by Crippen LogP contribution is -2.54. The second kappa shape index (κ2) is 5.76. The average molecular weight is 279 g/mol. The van der Waals surface area contributed by atoms with Gasteiger partial charge in [0.1, 0.15) is 5.69 Å². The second-order valence-electron chi connectivity index (χ2n) is 5.54. The summed E-state index contributed by atoms with van der Waals surface area (Å²) in [5.74, 6) is -0.210. The number of nitrogens with one attached hydrogen (secondary N) is 1. The lowest BCUT2D eigenvalue weighted by Gasteiger charge is -2.43. The van der Waals surface area contributed by atoms with E-state index in [0.29, 0.717) is 18.8 Å². The van der Waals surface area contributed by atoms with Crippen molar-refractivity contribution >= 4 is 11.6 Å². The fourth-order valence-corrected chi connectivity index (χ4v) is 2.46. The molecular formula is C14H21N3O3. The van der Waals surface area contributed by atoms with Crippen molar-refractivity contribution < 1.29 is 14.6 Å². The zero-order chi connectivity index (χ0) is 14.8. The Kier molecular flexibility index (Phi) is 4.25. The summed E-state index contributed by atoms with van der Waals surface area (Å²) in [6.07, 6.45) is 1.39. The van der Waals surface area contributed by atoms with Gasteiger partial charge in [-0.05, 0) is 26.0 Å². The Hall–Kier alpha value is -1.66. The Morgan fingerprint density at radius 1 is 1.65 bits per heavy atom. The molecule has 2 rings (SSSR count). The van der Waals surface area contributed by atoms with Gasteiger partial charge in [-0.1, -0.05) is 0 Å². The highest BCUT2D eigenvalue weighted by Gasteiger charge is 2.33. The van der Waals surface area contributed by atoms with Crippen LogP contribution in [0.1, 0.15) is 24.3 Å². The first-order valence-corrected chi connectivity index (χ1v) is 6.67. The molecule has 2 N–H and O–H groups in total. The van der Waals surface area contributed by atoms with E-state index in [4.69, 9.17) is 4.74 Å². The maximum atomic E-state index is 11.6. The first-order valence-electron chi connectivity index (χ1n) is 6.67. The minimum Gasteiger partial charge on any atom is -0.394 e. The molecule has 2 heterocycles. The Morgan fingerprint density at radius 2 is 2.40 bits per heavy atom. The van der Waals surface area contributed by atoms with Crippen LogP contribution in [0.25, 0.3) is 0 Å². The van der Waals surface area contributed by atoms with Crippen molar-refractivity contribution in [2.45, 2.75) is 25.6 Å². The number of aliphatic hydroxyl groups is 1. The molecule has 0 bridgehead atoms. The van der Waals surface area contributed by atoms with Crippen molar-refractivity contribution in [3.63, 3.8) is 0 Å². The molecule has 6 heteroatoms. The number of hydrogen-bond acceptors (Lipinski definition) is 5. The number of carbonyl (C=O) groups excluding carboxylic acids is 1. The number of carbonyl (C=O) groups is 1. The lowest BCUT2D eigenvalue weighted by molar-refractivity contribution is -0.101. The van der Waals surface area contributed by atoms with E-state index in [9.17, 15) is 9.90 Å². The number of amides is 1. The number of nitrogens with zero attached hydrogens (tertiary/aromatic N) is 2. The molecule has 0 radical (unpaired) electrons. The molecule has 6 nitrogen and oxygen atoms in total. The predicted molar refractivity (Wildman–Crippen MR) is 75.9 cm³/mol. The summed E-state index contributed by atoms with van der Waals surface area (Å²) in [7, 11) is 1.58. The van der Waals surface area contributed by atoms with Gasteiger partial charge in [-0.2, -0.15) is 0 Å². The number of hydrogen-bond donors (Lipinski definition) is 2. The van der Waals surface area contributed by atoms with E-state index in [-0.39, 0.29) is 24.2 Å². The van der Waals surface area contributed by atoms with Gasteiger partial charge in [0, 0.05) is 32.0 Å². The number of anilines is 1. The van der Waals surface area contributed by atoms with E-state index >= 15 is 0 Å². The van der Waals surface area contributed by atoms with Gasteiger partial charge in [-0.25, -0.2) is 0 Å². The normalized spacial score (nSPS) is 21.6. The number of morpholine rings is 1. The minimum atomic E-state index is -0.345. The predicted octanol–water partition coefficient (Wildman–Crippen LogP) is 0.417. The SMILES string of the molecule is CNC(=O)c1cc(N2CC(CO)OC(C)(C)C2)ccn1. The minimum absolute atomic E-state index is 0.0205. The summed E-state index contributed by atoms with van der Waals surface area (Å²) in [6, 6.07) is 3.62. The van der Waals surface area contributed by atoms with Crippen LogP contribution in [0, 0.1) is 0 Å². The highest BCUT2D eigenvalue weighted by atomic mass is 16.5. The Morgan fingerprint density at radius 3 is 3.05 bits per heavy atom. The zero-order valence-electron chi connectivity index (χ0n) is 12.1. The first kappa shape index (κ1) is 14.7. The van der Waals surface area contributed by atoms with Crippen LogP contribution in [0.2, 0.25) is 0 Å². The fourth-order valence-electron chi connectivity index (χ4n) is 2.46. The standard InChI is InChI=1S/C14H21N3O3/c1-14(2)9-17(7-11(8-18)20-14)10-4-5-16-12(6-10)13(19)15-3/h4-6,11,18H,7-9H2,1-3H3,(H,15,19). The molecule has 0 aromatic carbocycles. The molecule has 0 saturated carbocycles. The monoisotopic (exact) mass is 279 g/mol. The summed E-state index contributed by atoms with van der Waals surface area (Å²) in [5.41, 5.74) is 0.950. The van der Waals surface area contributed by atoms with Crippen molar-refractivity contribution in [3.05, 3.63) is 24.0 Å². The molecule has 0 spiro atoms. The maximum Gasteiger partial charge on any atom is 0.269 e. The average Bonchev–Trinajstić information content (AvgIpc) is 2.44. The summed E-state index contributed by atoms with van der Waals surface area (Å²) >= 11 is 0. The second-order valence-corrected chi connectivity index (χ2v) is 5.54. The molecule has 1 saturated heterocycles. The van der Waals surface area contributed by atoms with Crippen LogP contribution < -0.4 is 10.2 Å². The van der Waals surface area contributed by atoms with Gasteiger partial charge in [0.15, 0.2) is 0 Å². The van der Waals surface area contributed by atoms with Crippen LogP contribution in [0.3, 0.4) is 0 Å². The van der Waals surface area contributed by atoms with E-state index in [1.54, 1.807) is 19.3 Å². The van der Waals surface area contributed by atoms with Gasteiger partial charge in [-0.3, -0.25) is 9.78 Å². The summed E-state index contributed by atoms with van der Waals surface area (Å²) in [6.45, 7) is 5.25. The van der Waals surface area contributed by atoms with E-state index in [0.717, 1.165) is 5.69 Å². The first-order chi connectivity index (χ1) is 9.45. The van der Waals surface area contributed by atoms with Crippen LogP contribution in [0.4, 0.5) is 5.69 Å². The van der Waals surface area contributed by atoms with Crippen molar-refractivity contribution in [1.82, 2.24) is 10.3 Å². The van der Waals surface area contributed by atoms with Gasteiger partial charge in [0.25, 0.3) is 5.91 Å². The van der Waals surface area contributed by atoms with E-state index in [2.05, 4.69) is 15.2 Å². The number of ether oxygens (including phenoxy) is 1. The molecule has 1 fully saturated rings. The molecule has 1 atom stereocenters. The molecular weight excluding hydrogens is 258 g/mol. The third-order valence-corrected chi connectivity index (χ3v) is 3.25. The number of aromatic nitrogens is 1. The maximum absolute atomic E-state index is 11.6. The van der Waals surface area contributed by atoms with Gasteiger partial charge < -0.3 is 20.1 Å². The summed E-state index contributed by atoms with van der Waals surface area (Å²) < 4.78 is 5.79. The van der Waals surface area contributed by atoms with E-state index in [1.165, 1.54) is 0 Å². The van der Waals surface area contributed by atoms with Crippen molar-refractivity contribution in [1.29, 1.82) is 0 Å². The highest BCUT2D eigenvalue weighted by Crippen LogP contribution is 2.26. The molecule has 1 amide bonds. The molecule has 20 heavy (non-hydrogen) atoms. The highest BCUT2D eigenvalue weighted by molar-refractivity contribution is 5.92. The quantitative estimate of drug-likeness (QED) is 0.838. The Bertz CT molecular complexity index is 490. The van der Waals surface area contributed by atoms with Gasteiger partial charge in [0.2, 0.25) is 0 Å². The zero-order valence-corrected chi connectivity index (χ0v) is 12.1. The molecule has 1 aliphatic heterocycles. The number of aliphatic hydroxyl groups excluding tert-OH is 1. The molecule has 110 valence electrons. The van der Waals surface area contributed by atoms with Crippen molar-refractivity contribution in [2.75, 3.05) is 31.6 Å². The lowest BCUT2D eigenvalue weighted by atomic mass is 10.0. The van der Waals surface area contributed by atoms with Crippen LogP contribution in [0.5, 0.6) is 0 Å². The smallest absolute Gasteiger partial charge is 0.269 e. The molecule has 1 unspecified atom stereocenters. The number of pyridine rings is 1. The fraction of sp³-hybridized carbons (Fsp3) is 0.571. The van der Waals surface area contributed by atoms with Crippen LogP contribution in [0.15, 0.2) is 18.3 Å². The van der Waals surface area contributed by atoms with Crippen LogP contribution >= 0.6 is 0 Å². The Balaban J connectivity index is 2.24. The summed E-state index contributed by atoms with van der Waals surface area (Å²) in [4.78, 5) is 17.8. The van der Waals surface area contributed by atoms with Gasteiger partial charge >= 0.3 is 0 Å². The topological polar surface area (TPSA) is 74.7 Å². The molecule has 0 aliphatic carbocycles. The third-order valence-electron chi connectivity index (χ3n) is 3.25. The van der Waals surface area contributed by atoms with Gasteiger partial charge in [-0.15, -0.1) is 0 Å². The van der Waals surface area contributed by atoms with Crippen LogP contribution in [-0.4, -0.2) is 54.4 Å². The van der Waals surface area contributed by atoms with Crippen LogP contribution in [-0.2, 0) is 4.74 Å².